The Morgan fingerprint density at radius 2 is 1.81 bits per heavy atom. The minimum atomic E-state index is -0.0733. The van der Waals surface area contributed by atoms with Crippen molar-refractivity contribution in [3.8, 4) is 5.75 Å². The van der Waals surface area contributed by atoms with Crippen LogP contribution in [-0.4, -0.2) is 20.7 Å². The number of methoxy groups -OCH3 is 1. The largest absolute Gasteiger partial charge is 0.495 e. The molecule has 112 valence electrons. The first-order valence-corrected chi connectivity index (χ1v) is 7.35. The van der Waals surface area contributed by atoms with Gasteiger partial charge in [-0.25, -0.2) is 0 Å². The van der Waals surface area contributed by atoms with Crippen LogP contribution in [0.5, 0.6) is 5.75 Å². The molecule has 0 aliphatic rings. The fourth-order valence-electron chi connectivity index (χ4n) is 2.33. The maximum Gasteiger partial charge on any atom is 0.142 e. The summed E-state index contributed by atoms with van der Waals surface area (Å²) >= 11 is 6.19. The molecule has 1 atom stereocenters. The SMILES string of the molecule is COc1ccccc1N(C)CCC(N)c1ccccc1Cl. The summed E-state index contributed by atoms with van der Waals surface area (Å²) in [5.41, 5.74) is 8.30. The lowest BCUT2D eigenvalue weighted by molar-refractivity contribution is 0.414. The van der Waals surface area contributed by atoms with Gasteiger partial charge in [-0.2, -0.15) is 0 Å². The molecule has 2 aromatic rings. The summed E-state index contributed by atoms with van der Waals surface area (Å²) in [6.45, 7) is 0.826. The molecule has 0 aliphatic heterocycles. The van der Waals surface area contributed by atoms with Crippen LogP contribution < -0.4 is 15.4 Å². The Morgan fingerprint density at radius 3 is 2.52 bits per heavy atom. The Bertz CT molecular complexity index is 589. The van der Waals surface area contributed by atoms with E-state index in [-0.39, 0.29) is 6.04 Å². The number of hydrogen-bond acceptors (Lipinski definition) is 3. The average molecular weight is 305 g/mol. The number of ether oxygens (including phenoxy) is 1. The Labute approximate surface area is 131 Å². The smallest absolute Gasteiger partial charge is 0.142 e. The van der Waals surface area contributed by atoms with E-state index in [1.165, 1.54) is 0 Å². The molecule has 0 radical (unpaired) electrons. The van der Waals surface area contributed by atoms with Crippen LogP contribution in [0.25, 0.3) is 0 Å². The molecule has 1 unspecified atom stereocenters. The highest BCUT2D eigenvalue weighted by Crippen LogP contribution is 2.28. The molecule has 0 fully saturated rings. The Hall–Kier alpha value is -1.71. The van der Waals surface area contributed by atoms with Crippen molar-refractivity contribution >= 4 is 17.3 Å². The van der Waals surface area contributed by atoms with E-state index in [4.69, 9.17) is 22.1 Å². The van der Waals surface area contributed by atoms with Crippen molar-refractivity contribution in [2.24, 2.45) is 5.73 Å². The van der Waals surface area contributed by atoms with Crippen molar-refractivity contribution in [3.05, 3.63) is 59.1 Å². The number of benzene rings is 2. The number of nitrogens with two attached hydrogens (primary N) is 1. The third kappa shape index (κ3) is 3.90. The molecule has 4 heteroatoms. The molecule has 0 saturated heterocycles. The maximum atomic E-state index is 6.25. The Kier molecular flexibility index (Phi) is 5.48. The second-order valence-corrected chi connectivity index (χ2v) is 5.42. The van der Waals surface area contributed by atoms with Gasteiger partial charge in [0.25, 0.3) is 0 Å². The van der Waals surface area contributed by atoms with Gasteiger partial charge in [-0.3, -0.25) is 0 Å². The van der Waals surface area contributed by atoms with Gasteiger partial charge in [0.2, 0.25) is 0 Å². The number of anilines is 1. The highest BCUT2D eigenvalue weighted by Gasteiger charge is 2.12. The van der Waals surface area contributed by atoms with Crippen LogP contribution >= 0.6 is 11.6 Å². The Balaban J connectivity index is 2.01. The quantitative estimate of drug-likeness (QED) is 0.880. The standard InChI is InChI=1S/C17H21ClN2O/c1-20(16-9-5-6-10-17(16)21-2)12-11-15(19)13-7-3-4-8-14(13)18/h3-10,15H,11-12,19H2,1-2H3. The molecule has 2 rings (SSSR count). The third-order valence-electron chi connectivity index (χ3n) is 3.58. The van der Waals surface area contributed by atoms with Crippen molar-refractivity contribution in [2.45, 2.75) is 12.5 Å². The van der Waals surface area contributed by atoms with Gasteiger partial charge < -0.3 is 15.4 Å². The minimum absolute atomic E-state index is 0.0733. The van der Waals surface area contributed by atoms with Crippen molar-refractivity contribution in [1.82, 2.24) is 0 Å². The highest BCUT2D eigenvalue weighted by molar-refractivity contribution is 6.31. The molecule has 0 saturated carbocycles. The van der Waals surface area contributed by atoms with Gasteiger partial charge in [0.05, 0.1) is 12.8 Å². The van der Waals surface area contributed by atoms with Crippen LogP contribution in [0.15, 0.2) is 48.5 Å². The van der Waals surface area contributed by atoms with Gasteiger partial charge in [-0.1, -0.05) is 41.9 Å². The molecule has 2 aromatic carbocycles. The van der Waals surface area contributed by atoms with E-state index in [2.05, 4.69) is 4.90 Å². The molecular weight excluding hydrogens is 284 g/mol. The van der Waals surface area contributed by atoms with Gasteiger partial charge in [0.1, 0.15) is 5.75 Å². The lowest BCUT2D eigenvalue weighted by Gasteiger charge is -2.23. The first-order valence-electron chi connectivity index (χ1n) is 6.97. The van der Waals surface area contributed by atoms with Crippen molar-refractivity contribution < 1.29 is 4.74 Å². The zero-order valence-electron chi connectivity index (χ0n) is 12.4. The second-order valence-electron chi connectivity index (χ2n) is 5.01. The van der Waals surface area contributed by atoms with Crippen LogP contribution in [0.1, 0.15) is 18.0 Å². The van der Waals surface area contributed by atoms with Crippen LogP contribution in [0, 0.1) is 0 Å². The number of rotatable bonds is 6. The van der Waals surface area contributed by atoms with E-state index >= 15 is 0 Å². The lowest BCUT2D eigenvalue weighted by Crippen LogP contribution is -2.23. The van der Waals surface area contributed by atoms with Crippen LogP contribution in [0.3, 0.4) is 0 Å². The second kappa shape index (κ2) is 7.34. The predicted octanol–water partition coefficient (Wildman–Crippen LogP) is 3.87. The van der Waals surface area contributed by atoms with Gasteiger partial charge in [-0.15, -0.1) is 0 Å². The molecule has 0 heterocycles. The minimum Gasteiger partial charge on any atom is -0.495 e. The summed E-state index contributed by atoms with van der Waals surface area (Å²) in [6, 6.07) is 15.6. The van der Waals surface area contributed by atoms with Crippen molar-refractivity contribution in [3.63, 3.8) is 0 Å². The molecule has 3 nitrogen and oxygen atoms in total. The first-order chi connectivity index (χ1) is 10.1. The maximum absolute atomic E-state index is 6.25. The fourth-order valence-corrected chi connectivity index (χ4v) is 2.61. The van der Waals surface area contributed by atoms with E-state index in [9.17, 15) is 0 Å². The van der Waals surface area contributed by atoms with Crippen molar-refractivity contribution in [1.29, 1.82) is 0 Å². The summed E-state index contributed by atoms with van der Waals surface area (Å²) in [5.74, 6) is 0.867. The third-order valence-corrected chi connectivity index (χ3v) is 3.92. The van der Waals surface area contributed by atoms with Crippen LogP contribution in [0.2, 0.25) is 5.02 Å². The van der Waals surface area contributed by atoms with E-state index in [1.54, 1.807) is 7.11 Å². The lowest BCUT2D eigenvalue weighted by atomic mass is 10.0. The number of para-hydroxylation sites is 2. The van der Waals surface area contributed by atoms with Gasteiger partial charge in [0.15, 0.2) is 0 Å². The van der Waals surface area contributed by atoms with Gasteiger partial charge in [-0.05, 0) is 30.2 Å². The summed E-state index contributed by atoms with van der Waals surface area (Å²) in [6.07, 6.45) is 0.818. The zero-order chi connectivity index (χ0) is 15.2. The number of halogens is 1. The summed E-state index contributed by atoms with van der Waals surface area (Å²) in [5, 5.41) is 0.727. The van der Waals surface area contributed by atoms with E-state index in [1.807, 2.05) is 55.6 Å². The molecule has 0 aliphatic carbocycles. The van der Waals surface area contributed by atoms with E-state index < -0.39 is 0 Å². The van der Waals surface area contributed by atoms with Crippen molar-refractivity contribution in [2.75, 3.05) is 25.6 Å². The molecule has 0 aromatic heterocycles. The number of hydrogen-bond donors (Lipinski definition) is 1. The first kappa shape index (κ1) is 15.7. The van der Waals surface area contributed by atoms with Gasteiger partial charge >= 0.3 is 0 Å². The average Bonchev–Trinajstić information content (AvgIpc) is 2.52. The Morgan fingerprint density at radius 1 is 1.14 bits per heavy atom. The highest BCUT2D eigenvalue weighted by atomic mass is 35.5. The zero-order valence-corrected chi connectivity index (χ0v) is 13.2. The molecule has 0 spiro atoms. The van der Waals surface area contributed by atoms with E-state index in [0.717, 1.165) is 35.0 Å². The monoisotopic (exact) mass is 304 g/mol. The molecule has 0 amide bonds. The number of nitrogens with zero attached hydrogens (tertiary/aromatic N) is 1. The summed E-state index contributed by atoms with van der Waals surface area (Å²) in [7, 11) is 3.72. The molecule has 0 bridgehead atoms. The molecular formula is C17H21ClN2O. The topological polar surface area (TPSA) is 38.5 Å². The summed E-state index contributed by atoms with van der Waals surface area (Å²) in [4.78, 5) is 2.15. The van der Waals surface area contributed by atoms with Crippen LogP contribution in [-0.2, 0) is 0 Å². The normalized spacial score (nSPS) is 12.0. The van der Waals surface area contributed by atoms with Crippen LogP contribution in [0.4, 0.5) is 5.69 Å². The van der Waals surface area contributed by atoms with Gasteiger partial charge in [0, 0.05) is 24.7 Å². The van der Waals surface area contributed by atoms with E-state index in [0.29, 0.717) is 0 Å². The fraction of sp³-hybridized carbons (Fsp3) is 0.294. The molecule has 2 N–H and O–H groups in total. The predicted molar refractivity (Wildman–Crippen MR) is 89.3 cm³/mol. The summed E-state index contributed by atoms with van der Waals surface area (Å²) < 4.78 is 5.38. The molecule has 21 heavy (non-hydrogen) atoms.